The maximum absolute atomic E-state index is 15.6. The van der Waals surface area contributed by atoms with Gasteiger partial charge in [0.05, 0.1) is 18.9 Å². The first kappa shape index (κ1) is 26.9. The van der Waals surface area contributed by atoms with Gasteiger partial charge in [-0.3, -0.25) is 0 Å². The molecule has 0 aliphatic heterocycles. The lowest BCUT2D eigenvalue weighted by Gasteiger charge is -2.48. The second-order valence-electron chi connectivity index (χ2n) is 8.92. The number of methoxy groups -OCH3 is 2. The fourth-order valence-electron chi connectivity index (χ4n) is 4.71. The van der Waals surface area contributed by atoms with Crippen LogP contribution in [0.5, 0.6) is 5.75 Å². The number of halogens is 2. The Morgan fingerprint density at radius 2 is 1.58 bits per heavy atom. The van der Waals surface area contributed by atoms with Crippen LogP contribution in [0.3, 0.4) is 0 Å². The number of rotatable bonds is 9. The Morgan fingerprint density at radius 1 is 0.889 bits per heavy atom. The van der Waals surface area contributed by atoms with Crippen LogP contribution < -0.4 is 15.3 Å². The average Bonchev–Trinajstić information content (AvgIpc) is 2.90. The van der Waals surface area contributed by atoms with Crippen molar-refractivity contribution in [3.8, 4) is 5.75 Å². The second kappa shape index (κ2) is 12.4. The number of allylic oxidation sites excluding steroid dienone is 6. The fourth-order valence-corrected chi connectivity index (χ4v) is 12.1. The molecule has 0 bridgehead atoms. The van der Waals surface area contributed by atoms with Crippen molar-refractivity contribution < 1.29 is 18.3 Å². The molecule has 0 saturated carbocycles. The van der Waals surface area contributed by atoms with Crippen LogP contribution in [-0.2, 0) is 4.74 Å². The van der Waals surface area contributed by atoms with Crippen molar-refractivity contribution in [1.82, 2.24) is 4.44 Å². The molecule has 0 fully saturated rings. The van der Waals surface area contributed by atoms with E-state index in [0.717, 1.165) is 11.1 Å². The summed E-state index contributed by atoms with van der Waals surface area (Å²) in [7, 11) is 0.714. The largest absolute Gasteiger partial charge is 0.496 e. The van der Waals surface area contributed by atoms with Crippen LogP contribution in [0, 0.1) is 5.82 Å². The van der Waals surface area contributed by atoms with Crippen molar-refractivity contribution in [2.75, 3.05) is 14.2 Å². The Morgan fingerprint density at radius 3 is 2.25 bits per heavy atom. The third kappa shape index (κ3) is 5.55. The van der Waals surface area contributed by atoms with Crippen LogP contribution in [0.4, 0.5) is 8.78 Å². The molecular weight excluding hydrogens is 494 g/mol. The summed E-state index contributed by atoms with van der Waals surface area (Å²) >= 11 is 0. The van der Waals surface area contributed by atoms with E-state index in [0.29, 0.717) is 11.7 Å². The highest BCUT2D eigenvalue weighted by molar-refractivity contribution is 7.78. The van der Waals surface area contributed by atoms with Gasteiger partial charge in [0.15, 0.2) is 0 Å². The van der Waals surface area contributed by atoms with E-state index in [4.69, 9.17) is 9.47 Å². The highest BCUT2D eigenvalue weighted by atomic mass is 31.2. The topological polar surface area (TPSA) is 21.7 Å². The summed E-state index contributed by atoms with van der Waals surface area (Å²) in [4.78, 5) is 0. The molecule has 4 rings (SSSR count). The minimum absolute atomic E-state index is 0.00209. The standard InChI is InChI=1S/C29H33F2NO2P2/c1-21(2)32(35(26-17-9-5-13-22(26)30)28-19-11-7-15-24(28)33-3)36(27-18-10-6-14-23(27)31)29-20-12-8-16-25(29)34-4/h5-17,19-21,24,27-28H,18H2,1-4H3. The normalized spacial score (nSPS) is 23.1. The van der Waals surface area contributed by atoms with E-state index in [2.05, 4.69) is 24.4 Å². The van der Waals surface area contributed by atoms with Gasteiger partial charge in [-0.25, -0.2) is 13.2 Å². The number of benzene rings is 2. The van der Waals surface area contributed by atoms with Crippen molar-refractivity contribution in [2.45, 2.75) is 43.7 Å². The Balaban J connectivity index is 1.96. The monoisotopic (exact) mass is 527 g/mol. The van der Waals surface area contributed by atoms with Crippen LogP contribution in [0.2, 0.25) is 0 Å². The van der Waals surface area contributed by atoms with Gasteiger partial charge in [-0.05, 0) is 44.5 Å². The zero-order chi connectivity index (χ0) is 25.7. The lowest BCUT2D eigenvalue weighted by atomic mass is 10.1. The molecule has 0 aromatic heterocycles. The maximum Gasteiger partial charge on any atom is 0.132 e. The summed E-state index contributed by atoms with van der Waals surface area (Å²) in [5.74, 6) is 0.329. The fraction of sp³-hybridized carbons (Fsp3) is 0.310. The molecule has 3 nitrogen and oxygen atoms in total. The van der Waals surface area contributed by atoms with E-state index in [1.807, 2.05) is 60.7 Å². The van der Waals surface area contributed by atoms with Gasteiger partial charge in [-0.15, -0.1) is 0 Å². The molecule has 0 heterocycles. The quantitative estimate of drug-likeness (QED) is 0.329. The average molecular weight is 528 g/mol. The smallest absolute Gasteiger partial charge is 0.132 e. The van der Waals surface area contributed by atoms with Crippen LogP contribution in [0.15, 0.2) is 96.9 Å². The summed E-state index contributed by atoms with van der Waals surface area (Å²) < 4.78 is 45.3. The van der Waals surface area contributed by atoms with Gasteiger partial charge >= 0.3 is 0 Å². The van der Waals surface area contributed by atoms with Crippen LogP contribution in [-0.4, -0.2) is 42.1 Å². The van der Waals surface area contributed by atoms with Gasteiger partial charge in [-0.1, -0.05) is 66.8 Å². The molecule has 5 unspecified atom stereocenters. The Kier molecular flexibility index (Phi) is 9.25. The molecule has 2 aliphatic carbocycles. The third-order valence-corrected chi connectivity index (χ3v) is 13.1. The summed E-state index contributed by atoms with van der Waals surface area (Å²) in [6, 6.07) is 14.8. The predicted octanol–water partition coefficient (Wildman–Crippen LogP) is 6.98. The highest BCUT2D eigenvalue weighted by Crippen LogP contribution is 2.65. The number of hydrogen-bond donors (Lipinski definition) is 0. The summed E-state index contributed by atoms with van der Waals surface area (Å²) in [5.41, 5.74) is -0.482. The van der Waals surface area contributed by atoms with Crippen molar-refractivity contribution in [1.29, 1.82) is 0 Å². The van der Waals surface area contributed by atoms with E-state index in [9.17, 15) is 0 Å². The van der Waals surface area contributed by atoms with Gasteiger partial charge in [-0.2, -0.15) is 0 Å². The first-order valence-electron chi connectivity index (χ1n) is 12.1. The van der Waals surface area contributed by atoms with Crippen LogP contribution in [0.25, 0.3) is 0 Å². The van der Waals surface area contributed by atoms with Crippen LogP contribution in [0.1, 0.15) is 20.3 Å². The minimum atomic E-state index is -1.32. The highest BCUT2D eigenvalue weighted by Gasteiger charge is 2.44. The zero-order valence-electron chi connectivity index (χ0n) is 21.1. The first-order chi connectivity index (χ1) is 17.5. The van der Waals surface area contributed by atoms with E-state index in [1.165, 1.54) is 6.07 Å². The van der Waals surface area contributed by atoms with E-state index in [-0.39, 0.29) is 35.1 Å². The molecule has 7 heteroatoms. The third-order valence-electron chi connectivity index (χ3n) is 6.31. The van der Waals surface area contributed by atoms with Crippen molar-refractivity contribution >= 4 is 26.8 Å². The summed E-state index contributed by atoms with van der Waals surface area (Å²) in [5, 5.41) is 1.60. The molecule has 0 spiro atoms. The molecule has 0 N–H and O–H groups in total. The summed E-state index contributed by atoms with van der Waals surface area (Å²) in [6.07, 6.45) is 13.8. The molecule has 2 aliphatic rings. The van der Waals surface area contributed by atoms with E-state index in [1.54, 1.807) is 32.4 Å². The lowest BCUT2D eigenvalue weighted by molar-refractivity contribution is 0.145. The van der Waals surface area contributed by atoms with Crippen LogP contribution >= 0.6 is 16.1 Å². The molecule has 190 valence electrons. The molecule has 36 heavy (non-hydrogen) atoms. The Labute approximate surface area is 215 Å². The van der Waals surface area contributed by atoms with E-state index < -0.39 is 16.1 Å². The van der Waals surface area contributed by atoms with Gasteiger partial charge in [0.1, 0.15) is 17.4 Å². The molecule has 5 atom stereocenters. The van der Waals surface area contributed by atoms with Crippen molar-refractivity contribution in [3.05, 3.63) is 103 Å². The number of nitrogens with zero attached hydrogens (tertiary/aromatic N) is 1. The molecule has 2 aromatic rings. The second-order valence-corrected chi connectivity index (χ2v) is 13.7. The summed E-state index contributed by atoms with van der Waals surface area (Å²) in [6.45, 7) is 4.23. The number of para-hydroxylation sites is 1. The zero-order valence-corrected chi connectivity index (χ0v) is 22.9. The SMILES string of the molecule is COc1ccccc1P(C1CC=CC=C1F)N(C(C)C)P(c1ccccc1F)C1C=CC=CC1OC. The predicted molar refractivity (Wildman–Crippen MR) is 149 cm³/mol. The van der Waals surface area contributed by atoms with Gasteiger partial charge in [0, 0.05) is 45.6 Å². The molecule has 0 radical (unpaired) electrons. The molecule has 2 aromatic carbocycles. The van der Waals surface area contributed by atoms with E-state index >= 15 is 8.78 Å². The van der Waals surface area contributed by atoms with Crippen molar-refractivity contribution in [2.24, 2.45) is 0 Å². The van der Waals surface area contributed by atoms with Gasteiger partial charge in [0.25, 0.3) is 0 Å². The first-order valence-corrected chi connectivity index (χ1v) is 14.9. The molecule has 0 saturated heterocycles. The van der Waals surface area contributed by atoms with Gasteiger partial charge in [0.2, 0.25) is 0 Å². The van der Waals surface area contributed by atoms with Crippen molar-refractivity contribution in [3.63, 3.8) is 0 Å². The van der Waals surface area contributed by atoms with Gasteiger partial charge < -0.3 is 9.47 Å². The number of ether oxygens (including phenoxy) is 2. The molecule has 0 amide bonds. The Bertz CT molecular complexity index is 1160. The maximum atomic E-state index is 15.6. The minimum Gasteiger partial charge on any atom is -0.496 e. The molecular formula is C29H33F2NO2P2. The lowest BCUT2D eigenvalue weighted by Crippen LogP contribution is -2.40. The Hall–Kier alpha value is -2.16. The number of hydrogen-bond acceptors (Lipinski definition) is 3.